The molecule has 2 atom stereocenters. The summed E-state index contributed by atoms with van der Waals surface area (Å²) in [6, 6.07) is 41.3. The van der Waals surface area contributed by atoms with Gasteiger partial charge in [-0.15, -0.1) is 0 Å². The average molecular weight is 572 g/mol. The Bertz CT molecular complexity index is 1670. The van der Waals surface area contributed by atoms with Crippen LogP contribution in [0.4, 0.5) is 4.79 Å². The third kappa shape index (κ3) is 5.59. The van der Waals surface area contributed by atoms with Crippen LogP contribution in [-0.4, -0.2) is 24.5 Å². The fourth-order valence-corrected chi connectivity index (χ4v) is 5.98. The summed E-state index contributed by atoms with van der Waals surface area (Å²) in [6.07, 6.45) is -0.610. The van der Waals surface area contributed by atoms with E-state index in [1.54, 1.807) is 6.92 Å². The van der Waals surface area contributed by atoms with Gasteiger partial charge in [0, 0.05) is 22.4 Å². The molecule has 0 spiro atoms. The molecule has 1 aliphatic carbocycles. The first-order chi connectivity index (χ1) is 20.5. The van der Waals surface area contributed by atoms with Crippen LogP contribution in [0.5, 0.6) is 0 Å². The highest BCUT2D eigenvalue weighted by atomic mass is 35.5. The van der Waals surface area contributed by atoms with E-state index in [1.807, 2.05) is 91.0 Å². The van der Waals surface area contributed by atoms with Crippen molar-refractivity contribution in [1.29, 1.82) is 0 Å². The Morgan fingerprint density at radius 2 is 1.19 bits per heavy atom. The lowest BCUT2D eigenvalue weighted by Crippen LogP contribution is -2.39. The van der Waals surface area contributed by atoms with Crippen LogP contribution >= 0.6 is 11.6 Å². The summed E-state index contributed by atoms with van der Waals surface area (Å²) in [5.74, 6) is -0.235. The first-order valence-corrected chi connectivity index (χ1v) is 14.4. The molecule has 0 saturated heterocycles. The van der Waals surface area contributed by atoms with Gasteiger partial charge in [-0.3, -0.25) is 4.79 Å². The van der Waals surface area contributed by atoms with Crippen LogP contribution in [0.25, 0.3) is 11.1 Å². The number of alkyl carbamates (subject to hydrolysis) is 1. The van der Waals surface area contributed by atoms with Gasteiger partial charge in [0.15, 0.2) is 5.78 Å². The molecule has 42 heavy (non-hydrogen) atoms. The maximum absolute atomic E-state index is 13.2. The number of hydrogen-bond donors (Lipinski definition) is 1. The lowest BCUT2D eigenvalue weighted by atomic mass is 9.84. The Kier molecular flexibility index (Phi) is 7.89. The van der Waals surface area contributed by atoms with E-state index in [0.29, 0.717) is 10.6 Å². The number of carbonyl (C=O) groups is 2. The van der Waals surface area contributed by atoms with E-state index in [4.69, 9.17) is 16.3 Å². The molecule has 0 fully saturated rings. The Labute approximate surface area is 250 Å². The summed E-state index contributed by atoms with van der Waals surface area (Å²) >= 11 is 6.15. The molecule has 0 bridgehead atoms. The van der Waals surface area contributed by atoms with Crippen molar-refractivity contribution in [3.8, 4) is 11.1 Å². The molecule has 0 aromatic heterocycles. The average Bonchev–Trinajstić information content (AvgIpc) is 3.35. The molecule has 5 aromatic rings. The highest BCUT2D eigenvalue weighted by Gasteiger charge is 2.29. The summed E-state index contributed by atoms with van der Waals surface area (Å²) in [6.45, 7) is 1.87. The number of benzene rings is 5. The summed E-state index contributed by atoms with van der Waals surface area (Å²) < 4.78 is 5.64. The second-order valence-corrected chi connectivity index (χ2v) is 11.0. The number of amides is 1. The van der Waals surface area contributed by atoms with E-state index in [9.17, 15) is 9.59 Å². The monoisotopic (exact) mass is 571 g/mol. The number of halogens is 1. The van der Waals surface area contributed by atoms with Crippen LogP contribution in [0, 0.1) is 0 Å². The first-order valence-electron chi connectivity index (χ1n) is 14.1. The second kappa shape index (κ2) is 12.1. The van der Waals surface area contributed by atoms with Gasteiger partial charge in [-0.1, -0.05) is 127 Å². The van der Waals surface area contributed by atoms with Crippen LogP contribution in [0.15, 0.2) is 127 Å². The molecule has 5 heteroatoms. The van der Waals surface area contributed by atoms with Gasteiger partial charge in [0.1, 0.15) is 6.61 Å². The maximum Gasteiger partial charge on any atom is 0.407 e. The van der Waals surface area contributed by atoms with Crippen molar-refractivity contribution in [3.63, 3.8) is 0 Å². The minimum Gasteiger partial charge on any atom is -0.449 e. The molecule has 1 amide bonds. The molecule has 4 nitrogen and oxygen atoms in total. The number of ketones is 1. The molecule has 208 valence electrons. The third-order valence-electron chi connectivity index (χ3n) is 7.94. The first kappa shape index (κ1) is 27.5. The zero-order chi connectivity index (χ0) is 29.1. The van der Waals surface area contributed by atoms with Crippen LogP contribution in [0.2, 0.25) is 5.02 Å². The minimum absolute atomic E-state index is 0.0102. The summed E-state index contributed by atoms with van der Waals surface area (Å²) in [5.41, 5.74) is 8.44. The zero-order valence-corrected chi connectivity index (χ0v) is 23.9. The number of carbonyl (C=O) groups excluding carboxylic acids is 2. The number of rotatable bonds is 8. The SMILES string of the molecule is C[C@@H](NC(=O)OCC1c2ccccc2-c2ccccc21)C(=O)c1ccc(C(c2ccccc2)c2ccc(Cl)cc2)cc1. The van der Waals surface area contributed by atoms with Gasteiger partial charge in [0.05, 0.1) is 6.04 Å². The topological polar surface area (TPSA) is 55.4 Å². The fraction of sp³-hybridized carbons (Fsp3) is 0.135. The Hall–Kier alpha value is -4.67. The van der Waals surface area contributed by atoms with Gasteiger partial charge in [0.2, 0.25) is 0 Å². The molecule has 5 aromatic carbocycles. The van der Waals surface area contributed by atoms with E-state index >= 15 is 0 Å². The molecule has 0 heterocycles. The molecule has 1 aliphatic rings. The quantitative estimate of drug-likeness (QED) is 0.150. The van der Waals surface area contributed by atoms with Crippen molar-refractivity contribution in [2.75, 3.05) is 6.61 Å². The molecule has 0 saturated carbocycles. The van der Waals surface area contributed by atoms with Gasteiger partial charge in [0.25, 0.3) is 0 Å². The molecular weight excluding hydrogens is 542 g/mol. The van der Waals surface area contributed by atoms with Crippen LogP contribution in [0.3, 0.4) is 0 Å². The van der Waals surface area contributed by atoms with Crippen molar-refractivity contribution < 1.29 is 14.3 Å². The summed E-state index contributed by atoms with van der Waals surface area (Å²) in [5, 5.41) is 3.41. The summed E-state index contributed by atoms with van der Waals surface area (Å²) in [7, 11) is 0. The number of hydrogen-bond acceptors (Lipinski definition) is 3. The third-order valence-corrected chi connectivity index (χ3v) is 8.19. The van der Waals surface area contributed by atoms with Crippen LogP contribution in [0.1, 0.15) is 56.9 Å². The molecule has 6 rings (SSSR count). The van der Waals surface area contributed by atoms with E-state index in [0.717, 1.165) is 27.8 Å². The summed E-state index contributed by atoms with van der Waals surface area (Å²) in [4.78, 5) is 26.0. The van der Waals surface area contributed by atoms with Crippen LogP contribution in [-0.2, 0) is 4.74 Å². The Morgan fingerprint density at radius 3 is 1.79 bits per heavy atom. The van der Waals surface area contributed by atoms with Crippen molar-refractivity contribution in [3.05, 3.63) is 166 Å². The second-order valence-electron chi connectivity index (χ2n) is 10.6. The molecule has 0 radical (unpaired) electrons. The molecule has 1 N–H and O–H groups in total. The van der Waals surface area contributed by atoms with Crippen molar-refractivity contribution in [2.24, 2.45) is 0 Å². The number of ether oxygens (including phenoxy) is 1. The molecular formula is C37H30ClNO3. The zero-order valence-electron chi connectivity index (χ0n) is 23.2. The Balaban J connectivity index is 1.12. The predicted molar refractivity (Wildman–Crippen MR) is 167 cm³/mol. The standard InChI is InChI=1S/C37H30ClNO3/c1-24(39-37(41)42-23-34-32-13-7-5-11-30(32)31-12-6-8-14-33(31)34)36(40)28-17-15-26(16-18-28)35(25-9-3-2-4-10-25)27-19-21-29(38)22-20-27/h2-22,24,34-35H,23H2,1H3,(H,39,41)/t24-,35?/m1/s1. The fourth-order valence-electron chi connectivity index (χ4n) is 5.85. The largest absolute Gasteiger partial charge is 0.449 e. The normalized spacial score (nSPS) is 13.5. The lowest BCUT2D eigenvalue weighted by Gasteiger charge is -2.20. The van der Waals surface area contributed by atoms with Crippen molar-refractivity contribution in [2.45, 2.75) is 24.8 Å². The molecule has 0 aliphatic heterocycles. The van der Waals surface area contributed by atoms with Gasteiger partial charge >= 0.3 is 6.09 Å². The number of fused-ring (bicyclic) bond motifs is 3. The highest BCUT2D eigenvalue weighted by molar-refractivity contribution is 6.30. The molecule has 1 unspecified atom stereocenters. The highest BCUT2D eigenvalue weighted by Crippen LogP contribution is 2.44. The van der Waals surface area contributed by atoms with E-state index in [1.165, 1.54) is 11.1 Å². The lowest BCUT2D eigenvalue weighted by molar-refractivity contribution is 0.0929. The van der Waals surface area contributed by atoms with Gasteiger partial charge < -0.3 is 10.1 Å². The number of nitrogens with one attached hydrogen (secondary N) is 1. The number of Topliss-reactive ketones (excluding diaryl/α,β-unsaturated/α-hetero) is 1. The smallest absolute Gasteiger partial charge is 0.407 e. The van der Waals surface area contributed by atoms with Crippen molar-refractivity contribution >= 4 is 23.5 Å². The van der Waals surface area contributed by atoms with Gasteiger partial charge in [-0.05, 0) is 58.0 Å². The maximum atomic E-state index is 13.2. The minimum atomic E-state index is -0.743. The van der Waals surface area contributed by atoms with E-state index in [-0.39, 0.29) is 24.2 Å². The predicted octanol–water partition coefficient (Wildman–Crippen LogP) is 8.63. The van der Waals surface area contributed by atoms with E-state index in [2.05, 4.69) is 41.7 Å². The van der Waals surface area contributed by atoms with Crippen LogP contribution < -0.4 is 5.32 Å². The van der Waals surface area contributed by atoms with E-state index < -0.39 is 12.1 Å². The van der Waals surface area contributed by atoms with Gasteiger partial charge in [-0.25, -0.2) is 4.79 Å². The van der Waals surface area contributed by atoms with Crippen molar-refractivity contribution in [1.82, 2.24) is 5.32 Å². The Morgan fingerprint density at radius 1 is 0.690 bits per heavy atom. The van der Waals surface area contributed by atoms with Gasteiger partial charge in [-0.2, -0.15) is 0 Å².